The number of carboxylic acids is 1. The van der Waals surface area contributed by atoms with E-state index in [1.807, 2.05) is 0 Å². The van der Waals surface area contributed by atoms with Crippen LogP contribution in [0.4, 0.5) is 8.78 Å². The van der Waals surface area contributed by atoms with Gasteiger partial charge in [0.2, 0.25) is 6.43 Å². The summed E-state index contributed by atoms with van der Waals surface area (Å²) in [6, 6.07) is 4.68. The number of alkyl halides is 2. The third-order valence-corrected chi connectivity index (χ3v) is 3.72. The van der Waals surface area contributed by atoms with Crippen molar-refractivity contribution < 1.29 is 28.2 Å². The van der Waals surface area contributed by atoms with Crippen molar-refractivity contribution in [3.8, 4) is 5.75 Å². The summed E-state index contributed by atoms with van der Waals surface area (Å²) >= 11 is 0. The Hall–Kier alpha value is -2.18. The summed E-state index contributed by atoms with van der Waals surface area (Å²) in [5.41, 5.74) is 0.181. The summed E-state index contributed by atoms with van der Waals surface area (Å²) in [5, 5.41) is 11.0. The fraction of sp³-hybridized carbons (Fsp3) is 0.500. The van der Waals surface area contributed by atoms with E-state index in [9.17, 15) is 18.4 Å². The zero-order chi connectivity index (χ0) is 16.8. The Morgan fingerprint density at radius 3 is 2.61 bits per heavy atom. The molecular formula is C16H19F2NO4. The molecule has 0 aromatic heterocycles. The van der Waals surface area contributed by atoms with Crippen LogP contribution in [0.2, 0.25) is 0 Å². The van der Waals surface area contributed by atoms with E-state index in [1.54, 1.807) is 12.1 Å². The van der Waals surface area contributed by atoms with Crippen molar-refractivity contribution in [1.82, 2.24) is 5.32 Å². The van der Waals surface area contributed by atoms with Crippen LogP contribution in [0.5, 0.6) is 5.75 Å². The molecule has 23 heavy (non-hydrogen) atoms. The van der Waals surface area contributed by atoms with Crippen LogP contribution >= 0.6 is 0 Å². The first-order chi connectivity index (χ1) is 11.0. The number of amides is 1. The van der Waals surface area contributed by atoms with Crippen LogP contribution in [0.15, 0.2) is 24.3 Å². The van der Waals surface area contributed by atoms with Crippen molar-refractivity contribution in [2.24, 2.45) is 0 Å². The normalized spacial score (nSPS) is 16.3. The Labute approximate surface area is 132 Å². The molecule has 1 amide bonds. The third kappa shape index (κ3) is 5.19. The van der Waals surface area contributed by atoms with Gasteiger partial charge in [0.05, 0.1) is 6.10 Å². The van der Waals surface area contributed by atoms with Crippen LogP contribution in [0, 0.1) is 0 Å². The molecule has 126 valence electrons. The zero-order valence-corrected chi connectivity index (χ0v) is 12.5. The van der Waals surface area contributed by atoms with Gasteiger partial charge in [-0.05, 0) is 43.9 Å². The number of carbonyl (C=O) groups excluding carboxylic acids is 1. The van der Waals surface area contributed by atoms with Gasteiger partial charge in [0.25, 0.3) is 5.91 Å². The van der Waals surface area contributed by atoms with Gasteiger partial charge in [0.1, 0.15) is 11.8 Å². The second-order valence-corrected chi connectivity index (χ2v) is 5.54. The van der Waals surface area contributed by atoms with E-state index in [0.717, 1.165) is 25.7 Å². The highest BCUT2D eigenvalue weighted by Crippen LogP contribution is 2.24. The minimum Gasteiger partial charge on any atom is -0.490 e. The second kappa shape index (κ2) is 7.89. The number of rotatable bonds is 7. The Morgan fingerprint density at radius 2 is 2.00 bits per heavy atom. The molecule has 1 saturated carbocycles. The van der Waals surface area contributed by atoms with E-state index >= 15 is 0 Å². The topological polar surface area (TPSA) is 75.6 Å². The fourth-order valence-corrected chi connectivity index (χ4v) is 2.55. The lowest BCUT2D eigenvalue weighted by Gasteiger charge is -2.16. The molecule has 1 aromatic carbocycles. The first-order valence-electron chi connectivity index (χ1n) is 7.54. The monoisotopic (exact) mass is 327 g/mol. The van der Waals surface area contributed by atoms with E-state index in [4.69, 9.17) is 9.84 Å². The van der Waals surface area contributed by atoms with E-state index < -0.39 is 30.8 Å². The van der Waals surface area contributed by atoms with E-state index in [2.05, 4.69) is 5.32 Å². The highest BCUT2D eigenvalue weighted by Gasteiger charge is 2.25. The van der Waals surface area contributed by atoms with Gasteiger partial charge in [0, 0.05) is 12.0 Å². The Kier molecular flexibility index (Phi) is 5.90. The van der Waals surface area contributed by atoms with Gasteiger partial charge in [-0.25, -0.2) is 13.6 Å². The molecule has 0 bridgehead atoms. The summed E-state index contributed by atoms with van der Waals surface area (Å²) in [6.45, 7) is 0. The molecular weight excluding hydrogens is 308 g/mol. The van der Waals surface area contributed by atoms with Crippen LogP contribution < -0.4 is 10.1 Å². The molecule has 1 aliphatic rings. The molecule has 2 rings (SSSR count). The number of nitrogens with one attached hydrogen (secondary N) is 1. The minimum absolute atomic E-state index is 0.124. The number of hydrogen-bond donors (Lipinski definition) is 2. The number of halogens is 2. The van der Waals surface area contributed by atoms with Gasteiger partial charge in [-0.2, -0.15) is 0 Å². The van der Waals surface area contributed by atoms with E-state index in [1.165, 1.54) is 12.1 Å². The lowest BCUT2D eigenvalue weighted by Crippen LogP contribution is -2.42. The maximum absolute atomic E-state index is 12.4. The molecule has 7 heteroatoms. The molecule has 5 nitrogen and oxygen atoms in total. The maximum atomic E-state index is 12.4. The second-order valence-electron chi connectivity index (χ2n) is 5.54. The predicted molar refractivity (Wildman–Crippen MR) is 78.8 cm³/mol. The summed E-state index contributed by atoms with van der Waals surface area (Å²) in [5.74, 6) is -1.68. The van der Waals surface area contributed by atoms with Crippen molar-refractivity contribution in [3.05, 3.63) is 29.8 Å². The summed E-state index contributed by atoms with van der Waals surface area (Å²) in [4.78, 5) is 23.0. The Bertz CT molecular complexity index is 559. The fourth-order valence-electron chi connectivity index (χ4n) is 2.55. The molecule has 0 heterocycles. The lowest BCUT2D eigenvalue weighted by molar-refractivity contribution is -0.140. The van der Waals surface area contributed by atoms with Crippen molar-refractivity contribution in [1.29, 1.82) is 0 Å². The van der Waals surface area contributed by atoms with Gasteiger partial charge < -0.3 is 15.2 Å². The SMILES string of the molecule is O=C(NC(CC(F)F)C(=O)O)c1cccc(OC2CCCC2)c1. The molecule has 2 N–H and O–H groups in total. The standard InChI is InChI=1S/C16H19F2NO4/c17-14(18)9-13(16(21)22)19-15(20)10-4-3-7-12(8-10)23-11-5-1-2-6-11/h3-4,7-8,11,13-14H,1-2,5-6,9H2,(H,19,20)(H,21,22). The molecule has 0 saturated heterocycles. The van der Waals surface area contributed by atoms with Crippen LogP contribution in [-0.4, -0.2) is 35.6 Å². The number of hydrogen-bond acceptors (Lipinski definition) is 3. The summed E-state index contributed by atoms with van der Waals surface area (Å²) in [7, 11) is 0. The van der Waals surface area contributed by atoms with Gasteiger partial charge >= 0.3 is 5.97 Å². The van der Waals surface area contributed by atoms with Crippen LogP contribution in [0.3, 0.4) is 0 Å². The minimum atomic E-state index is -2.81. The number of carbonyl (C=O) groups is 2. The summed E-state index contributed by atoms with van der Waals surface area (Å²) in [6.07, 6.45) is 0.529. The Morgan fingerprint density at radius 1 is 1.30 bits per heavy atom. The van der Waals surface area contributed by atoms with Crippen molar-refractivity contribution in [2.75, 3.05) is 0 Å². The van der Waals surface area contributed by atoms with Crippen molar-refractivity contribution in [3.63, 3.8) is 0 Å². The van der Waals surface area contributed by atoms with Gasteiger partial charge in [-0.1, -0.05) is 6.07 Å². The van der Waals surface area contributed by atoms with Crippen LogP contribution in [0.1, 0.15) is 42.5 Å². The highest BCUT2D eigenvalue weighted by molar-refractivity contribution is 5.96. The lowest BCUT2D eigenvalue weighted by atomic mass is 10.1. The van der Waals surface area contributed by atoms with Crippen molar-refractivity contribution in [2.45, 2.75) is 50.7 Å². The first kappa shape index (κ1) is 17.2. The molecule has 1 aromatic rings. The smallest absolute Gasteiger partial charge is 0.326 e. The average molecular weight is 327 g/mol. The average Bonchev–Trinajstić information content (AvgIpc) is 2.99. The van der Waals surface area contributed by atoms with Gasteiger partial charge in [-0.3, -0.25) is 4.79 Å². The molecule has 1 unspecified atom stereocenters. The van der Waals surface area contributed by atoms with E-state index in [0.29, 0.717) is 5.75 Å². The largest absolute Gasteiger partial charge is 0.490 e. The van der Waals surface area contributed by atoms with Gasteiger partial charge in [0.15, 0.2) is 0 Å². The van der Waals surface area contributed by atoms with Crippen LogP contribution in [0.25, 0.3) is 0 Å². The maximum Gasteiger partial charge on any atom is 0.326 e. The number of carboxylic acid groups (broad SMARTS) is 1. The molecule has 0 radical (unpaired) electrons. The first-order valence-corrected chi connectivity index (χ1v) is 7.54. The van der Waals surface area contributed by atoms with E-state index in [-0.39, 0.29) is 11.7 Å². The van der Waals surface area contributed by atoms with Crippen molar-refractivity contribution >= 4 is 11.9 Å². The zero-order valence-electron chi connectivity index (χ0n) is 12.5. The summed E-state index contributed by atoms with van der Waals surface area (Å²) < 4.78 is 30.5. The molecule has 1 fully saturated rings. The molecule has 1 aliphatic carbocycles. The molecule has 1 atom stereocenters. The highest BCUT2D eigenvalue weighted by atomic mass is 19.3. The quantitative estimate of drug-likeness (QED) is 0.807. The number of aliphatic carboxylic acids is 1. The number of benzene rings is 1. The third-order valence-electron chi connectivity index (χ3n) is 3.72. The molecule has 0 spiro atoms. The predicted octanol–water partition coefficient (Wildman–Crippen LogP) is 2.85. The Balaban J connectivity index is 2.01. The number of ether oxygens (including phenoxy) is 1. The van der Waals surface area contributed by atoms with Gasteiger partial charge in [-0.15, -0.1) is 0 Å². The van der Waals surface area contributed by atoms with Crippen LogP contribution in [-0.2, 0) is 4.79 Å². The molecule has 0 aliphatic heterocycles.